The first-order valence-electron chi connectivity index (χ1n) is 8.42. The first-order valence-corrected chi connectivity index (χ1v) is 8.42. The Morgan fingerprint density at radius 2 is 2.12 bits per heavy atom. The summed E-state index contributed by atoms with van der Waals surface area (Å²) in [4.78, 5) is 16.6. The van der Waals surface area contributed by atoms with Crippen molar-refractivity contribution in [3.63, 3.8) is 0 Å². The average molecular weight is 337 g/mol. The normalized spacial score (nSPS) is 17.6. The molecule has 1 N–H and O–H groups in total. The van der Waals surface area contributed by atoms with Crippen molar-refractivity contribution >= 4 is 22.7 Å². The molecule has 0 spiro atoms. The summed E-state index contributed by atoms with van der Waals surface area (Å²) in [6.07, 6.45) is 3.79. The molecule has 3 heterocycles. The van der Waals surface area contributed by atoms with Crippen molar-refractivity contribution in [2.45, 2.75) is 25.7 Å². The number of pyridine rings is 1. The number of amides is 1. The summed E-state index contributed by atoms with van der Waals surface area (Å²) in [6.45, 7) is 3.45. The number of nitrogens with one attached hydrogen (secondary N) is 1. The lowest BCUT2D eigenvalue weighted by Crippen LogP contribution is -2.16. The SMILES string of the molecule is Cc1noc2ncc(NC(=O)c3ccc(C4CCCOC4)cc3)cc12. The van der Waals surface area contributed by atoms with E-state index in [0.29, 0.717) is 22.9 Å². The van der Waals surface area contributed by atoms with E-state index in [-0.39, 0.29) is 5.91 Å². The Morgan fingerprint density at radius 1 is 1.28 bits per heavy atom. The van der Waals surface area contributed by atoms with Gasteiger partial charge in [0.15, 0.2) is 0 Å². The number of carbonyl (C=O) groups excluding carboxylic acids is 1. The molecule has 1 atom stereocenters. The van der Waals surface area contributed by atoms with Crippen LogP contribution in [-0.2, 0) is 4.74 Å². The molecule has 1 saturated heterocycles. The first kappa shape index (κ1) is 15.8. The Bertz CT molecular complexity index is 896. The highest BCUT2D eigenvalue weighted by atomic mass is 16.5. The van der Waals surface area contributed by atoms with Crippen molar-refractivity contribution in [3.05, 3.63) is 53.3 Å². The van der Waals surface area contributed by atoms with Crippen LogP contribution in [0.25, 0.3) is 11.1 Å². The monoisotopic (exact) mass is 337 g/mol. The lowest BCUT2D eigenvalue weighted by molar-refractivity contribution is 0.0804. The summed E-state index contributed by atoms with van der Waals surface area (Å²) in [5.41, 5.74) is 3.67. The van der Waals surface area contributed by atoms with Crippen LogP contribution < -0.4 is 5.32 Å². The summed E-state index contributed by atoms with van der Waals surface area (Å²) < 4.78 is 10.6. The number of rotatable bonds is 3. The van der Waals surface area contributed by atoms with Gasteiger partial charge in [-0.1, -0.05) is 17.3 Å². The van der Waals surface area contributed by atoms with Gasteiger partial charge < -0.3 is 14.6 Å². The molecule has 1 unspecified atom stereocenters. The molecule has 0 saturated carbocycles. The third-order valence-corrected chi connectivity index (χ3v) is 4.57. The fourth-order valence-electron chi connectivity index (χ4n) is 3.13. The topological polar surface area (TPSA) is 77.3 Å². The minimum atomic E-state index is -0.165. The number of carbonyl (C=O) groups is 1. The number of ether oxygens (including phenoxy) is 1. The van der Waals surface area contributed by atoms with Gasteiger partial charge in [0, 0.05) is 18.1 Å². The molecule has 0 radical (unpaired) electrons. The van der Waals surface area contributed by atoms with Crippen LogP contribution in [0, 0.1) is 6.92 Å². The second-order valence-electron chi connectivity index (χ2n) is 6.33. The maximum atomic E-state index is 12.5. The number of aryl methyl sites for hydroxylation is 1. The predicted molar refractivity (Wildman–Crippen MR) is 93.7 cm³/mol. The van der Waals surface area contributed by atoms with Crippen LogP contribution in [0.3, 0.4) is 0 Å². The van der Waals surface area contributed by atoms with Crippen LogP contribution in [0.4, 0.5) is 5.69 Å². The summed E-state index contributed by atoms with van der Waals surface area (Å²) in [5.74, 6) is 0.260. The molecular weight excluding hydrogens is 318 g/mol. The number of hydrogen-bond acceptors (Lipinski definition) is 5. The molecular formula is C19H19N3O3. The number of aromatic nitrogens is 2. The number of fused-ring (bicyclic) bond motifs is 1. The van der Waals surface area contributed by atoms with Crippen molar-refractivity contribution in [3.8, 4) is 0 Å². The van der Waals surface area contributed by atoms with E-state index in [1.807, 2.05) is 37.3 Å². The van der Waals surface area contributed by atoms with Crippen LogP contribution in [0.1, 0.15) is 40.4 Å². The van der Waals surface area contributed by atoms with E-state index in [0.717, 1.165) is 37.1 Å². The maximum absolute atomic E-state index is 12.5. The van der Waals surface area contributed by atoms with E-state index < -0.39 is 0 Å². The van der Waals surface area contributed by atoms with Crippen molar-refractivity contribution in [1.29, 1.82) is 0 Å². The van der Waals surface area contributed by atoms with Crippen molar-refractivity contribution in [2.75, 3.05) is 18.5 Å². The quantitative estimate of drug-likeness (QED) is 0.789. The molecule has 1 aromatic carbocycles. The van der Waals surface area contributed by atoms with Gasteiger partial charge in [-0.3, -0.25) is 4.79 Å². The van der Waals surface area contributed by atoms with Gasteiger partial charge in [0.2, 0.25) is 0 Å². The van der Waals surface area contributed by atoms with Gasteiger partial charge in [0.1, 0.15) is 0 Å². The smallest absolute Gasteiger partial charge is 0.258 e. The minimum Gasteiger partial charge on any atom is -0.381 e. The Labute approximate surface area is 145 Å². The van der Waals surface area contributed by atoms with E-state index in [1.165, 1.54) is 5.56 Å². The Hall–Kier alpha value is -2.73. The van der Waals surface area contributed by atoms with E-state index in [4.69, 9.17) is 9.26 Å². The summed E-state index contributed by atoms with van der Waals surface area (Å²) >= 11 is 0. The van der Waals surface area contributed by atoms with Gasteiger partial charge in [0.25, 0.3) is 11.6 Å². The minimum absolute atomic E-state index is 0.165. The predicted octanol–water partition coefficient (Wildman–Crippen LogP) is 3.68. The largest absolute Gasteiger partial charge is 0.381 e. The van der Waals surface area contributed by atoms with Crippen LogP contribution in [0.5, 0.6) is 0 Å². The fraction of sp³-hybridized carbons (Fsp3) is 0.316. The molecule has 6 heteroatoms. The standard InChI is InChI=1S/C19H19N3O3/c1-12-17-9-16(10-20-19(17)25-22-12)21-18(23)14-6-4-13(5-7-14)15-3-2-8-24-11-15/h4-7,9-10,15H,2-3,8,11H2,1H3,(H,21,23). The molecule has 0 aliphatic carbocycles. The van der Waals surface area contributed by atoms with Crippen LogP contribution in [0.15, 0.2) is 41.1 Å². The maximum Gasteiger partial charge on any atom is 0.258 e. The lowest BCUT2D eigenvalue weighted by atomic mass is 9.93. The van der Waals surface area contributed by atoms with Crippen LogP contribution in [0.2, 0.25) is 0 Å². The Balaban J connectivity index is 1.48. The van der Waals surface area contributed by atoms with Crippen molar-refractivity contribution in [2.24, 2.45) is 0 Å². The number of hydrogen-bond donors (Lipinski definition) is 1. The van der Waals surface area contributed by atoms with Crippen LogP contribution in [-0.4, -0.2) is 29.3 Å². The zero-order valence-electron chi connectivity index (χ0n) is 14.0. The molecule has 1 amide bonds. The molecule has 128 valence electrons. The molecule has 3 aromatic rings. The van der Waals surface area contributed by atoms with E-state index in [2.05, 4.69) is 15.5 Å². The molecule has 1 fully saturated rings. The van der Waals surface area contributed by atoms with Gasteiger partial charge in [-0.05, 0) is 43.5 Å². The number of nitrogens with zero attached hydrogens (tertiary/aromatic N) is 2. The first-order chi connectivity index (χ1) is 12.2. The second-order valence-corrected chi connectivity index (χ2v) is 6.33. The molecule has 4 rings (SSSR count). The van der Waals surface area contributed by atoms with E-state index in [1.54, 1.807) is 6.20 Å². The van der Waals surface area contributed by atoms with Gasteiger partial charge in [-0.2, -0.15) is 0 Å². The highest BCUT2D eigenvalue weighted by Crippen LogP contribution is 2.26. The lowest BCUT2D eigenvalue weighted by Gasteiger charge is -2.22. The van der Waals surface area contributed by atoms with E-state index >= 15 is 0 Å². The molecule has 1 aliphatic heterocycles. The third kappa shape index (κ3) is 3.25. The van der Waals surface area contributed by atoms with Crippen molar-refractivity contribution in [1.82, 2.24) is 10.1 Å². The van der Waals surface area contributed by atoms with Gasteiger partial charge in [-0.15, -0.1) is 0 Å². The van der Waals surface area contributed by atoms with Gasteiger partial charge in [-0.25, -0.2) is 4.98 Å². The highest BCUT2D eigenvalue weighted by Gasteiger charge is 2.16. The average Bonchev–Trinajstić information content (AvgIpc) is 3.03. The van der Waals surface area contributed by atoms with Crippen molar-refractivity contribution < 1.29 is 14.1 Å². The number of anilines is 1. The summed E-state index contributed by atoms with van der Waals surface area (Å²) in [5, 5.41) is 7.54. The summed E-state index contributed by atoms with van der Waals surface area (Å²) in [6, 6.07) is 9.56. The zero-order chi connectivity index (χ0) is 17.2. The fourth-order valence-corrected chi connectivity index (χ4v) is 3.13. The second kappa shape index (κ2) is 6.64. The molecule has 25 heavy (non-hydrogen) atoms. The van der Waals surface area contributed by atoms with E-state index in [9.17, 15) is 4.79 Å². The number of benzene rings is 1. The molecule has 0 bridgehead atoms. The zero-order valence-corrected chi connectivity index (χ0v) is 14.0. The van der Waals surface area contributed by atoms with Gasteiger partial charge >= 0.3 is 0 Å². The molecule has 2 aromatic heterocycles. The molecule has 6 nitrogen and oxygen atoms in total. The summed E-state index contributed by atoms with van der Waals surface area (Å²) in [7, 11) is 0. The highest BCUT2D eigenvalue weighted by molar-refractivity contribution is 6.04. The molecule has 1 aliphatic rings. The van der Waals surface area contributed by atoms with Gasteiger partial charge in [0.05, 0.1) is 29.6 Å². The Morgan fingerprint density at radius 3 is 2.88 bits per heavy atom. The van der Waals surface area contributed by atoms with Crippen LogP contribution >= 0.6 is 0 Å². The third-order valence-electron chi connectivity index (χ3n) is 4.57. The Kier molecular flexibility index (Phi) is 4.19.